The molecule has 0 amide bonds. The smallest absolute Gasteiger partial charge is 0.134 e. The van der Waals surface area contributed by atoms with Crippen LogP contribution in [-0.4, -0.2) is 53.4 Å². The first-order chi connectivity index (χ1) is 13.3. The van der Waals surface area contributed by atoms with Gasteiger partial charge < -0.3 is 20.2 Å². The van der Waals surface area contributed by atoms with E-state index in [1.807, 2.05) is 6.07 Å². The van der Waals surface area contributed by atoms with E-state index < -0.39 is 0 Å². The maximum absolute atomic E-state index is 9.65. The lowest BCUT2D eigenvalue weighted by atomic mass is 10.0. The Hall–Kier alpha value is -2.34. The van der Waals surface area contributed by atoms with Crippen LogP contribution < -0.4 is 15.1 Å². The fourth-order valence-corrected chi connectivity index (χ4v) is 4.37. The predicted octanol–water partition coefficient (Wildman–Crippen LogP) is 2.69. The number of aromatic nitrogens is 2. The van der Waals surface area contributed by atoms with E-state index in [1.165, 1.54) is 17.7 Å². The van der Waals surface area contributed by atoms with Crippen LogP contribution in [0, 0.1) is 0 Å². The molecule has 144 valence electrons. The van der Waals surface area contributed by atoms with Crippen molar-refractivity contribution in [3.63, 3.8) is 0 Å². The second-order valence-electron chi connectivity index (χ2n) is 7.59. The molecule has 2 aliphatic rings. The highest BCUT2D eigenvalue weighted by Crippen LogP contribution is 2.31. The van der Waals surface area contributed by atoms with Crippen molar-refractivity contribution in [2.75, 3.05) is 41.4 Å². The van der Waals surface area contributed by atoms with Crippen LogP contribution in [0.1, 0.15) is 31.7 Å². The van der Waals surface area contributed by atoms with Crippen LogP contribution in [-0.2, 0) is 6.42 Å². The van der Waals surface area contributed by atoms with Crippen LogP contribution in [0.2, 0.25) is 0 Å². The lowest BCUT2D eigenvalue weighted by molar-refractivity contribution is 0.239. The maximum Gasteiger partial charge on any atom is 0.134 e. The van der Waals surface area contributed by atoms with Gasteiger partial charge in [0.2, 0.25) is 0 Å². The second-order valence-corrected chi connectivity index (χ2v) is 7.59. The number of anilines is 3. The minimum atomic E-state index is 0.170. The standard InChI is InChI=1S/C21H29N5O/c1-16-12-17-6-2-3-8-19(17)25(16)11-9-22-20-13-21(24-15-23-20)26-10-5-4-7-18(26)14-27/h2-3,6,8,13,15-16,18,27H,4-5,7,9-12,14H2,1H3,(H,22,23,24). The molecule has 1 aromatic heterocycles. The fourth-order valence-electron chi connectivity index (χ4n) is 4.37. The summed E-state index contributed by atoms with van der Waals surface area (Å²) in [6.07, 6.45) is 6.08. The van der Waals surface area contributed by atoms with Gasteiger partial charge in [-0.25, -0.2) is 9.97 Å². The Kier molecular flexibility index (Phi) is 5.43. The maximum atomic E-state index is 9.65. The first-order valence-electron chi connectivity index (χ1n) is 10.0. The molecular weight excluding hydrogens is 338 g/mol. The van der Waals surface area contributed by atoms with Crippen LogP contribution in [0.5, 0.6) is 0 Å². The highest BCUT2D eigenvalue weighted by molar-refractivity contribution is 5.59. The van der Waals surface area contributed by atoms with Gasteiger partial charge in [0, 0.05) is 37.4 Å². The highest BCUT2D eigenvalue weighted by Gasteiger charge is 2.25. The molecule has 2 aromatic rings. The Morgan fingerprint density at radius 3 is 3.00 bits per heavy atom. The lowest BCUT2D eigenvalue weighted by Crippen LogP contribution is -2.42. The van der Waals surface area contributed by atoms with E-state index in [4.69, 9.17) is 0 Å². The lowest BCUT2D eigenvalue weighted by Gasteiger charge is -2.35. The van der Waals surface area contributed by atoms with Crippen molar-refractivity contribution in [2.45, 2.75) is 44.7 Å². The molecule has 6 nitrogen and oxygen atoms in total. The van der Waals surface area contributed by atoms with Gasteiger partial charge in [-0.05, 0) is 44.2 Å². The van der Waals surface area contributed by atoms with Gasteiger partial charge in [0.25, 0.3) is 0 Å². The summed E-state index contributed by atoms with van der Waals surface area (Å²) in [4.78, 5) is 13.5. The molecular formula is C21H29N5O. The Bertz CT molecular complexity index is 768. The number of benzene rings is 1. The SMILES string of the molecule is CC1Cc2ccccc2N1CCNc1cc(N2CCCCC2CO)ncn1. The van der Waals surface area contributed by atoms with Crippen LogP contribution in [0.25, 0.3) is 0 Å². The number of aliphatic hydroxyl groups is 1. The fraction of sp³-hybridized carbons (Fsp3) is 0.524. The highest BCUT2D eigenvalue weighted by atomic mass is 16.3. The molecule has 1 fully saturated rings. The zero-order valence-electron chi connectivity index (χ0n) is 16.0. The molecule has 4 rings (SSSR count). The van der Waals surface area contributed by atoms with E-state index in [1.54, 1.807) is 6.33 Å². The molecule has 0 bridgehead atoms. The Morgan fingerprint density at radius 1 is 1.22 bits per heavy atom. The molecule has 6 heteroatoms. The van der Waals surface area contributed by atoms with Crippen molar-refractivity contribution < 1.29 is 5.11 Å². The monoisotopic (exact) mass is 367 g/mol. The number of nitrogens with zero attached hydrogens (tertiary/aromatic N) is 4. The van der Waals surface area contributed by atoms with Gasteiger partial charge in [0.05, 0.1) is 12.6 Å². The van der Waals surface area contributed by atoms with Gasteiger partial charge in [-0.2, -0.15) is 0 Å². The predicted molar refractivity (Wildman–Crippen MR) is 110 cm³/mol. The molecule has 1 saturated heterocycles. The topological polar surface area (TPSA) is 64.5 Å². The molecule has 0 aliphatic carbocycles. The summed E-state index contributed by atoms with van der Waals surface area (Å²) in [5, 5.41) is 13.1. The van der Waals surface area contributed by atoms with E-state index >= 15 is 0 Å². The van der Waals surface area contributed by atoms with Crippen LogP contribution in [0.3, 0.4) is 0 Å². The molecule has 27 heavy (non-hydrogen) atoms. The van der Waals surface area contributed by atoms with Gasteiger partial charge in [-0.1, -0.05) is 18.2 Å². The third kappa shape index (κ3) is 3.86. The Morgan fingerprint density at radius 2 is 2.11 bits per heavy atom. The zero-order valence-corrected chi connectivity index (χ0v) is 16.0. The summed E-state index contributed by atoms with van der Waals surface area (Å²) in [6.45, 7) is 5.19. The Balaban J connectivity index is 1.38. The third-order valence-corrected chi connectivity index (χ3v) is 5.79. The quantitative estimate of drug-likeness (QED) is 0.818. The van der Waals surface area contributed by atoms with E-state index in [9.17, 15) is 5.11 Å². The van der Waals surface area contributed by atoms with Crippen molar-refractivity contribution in [1.82, 2.24) is 9.97 Å². The van der Waals surface area contributed by atoms with Crippen LogP contribution >= 0.6 is 0 Å². The minimum Gasteiger partial charge on any atom is -0.394 e. The molecule has 3 heterocycles. The number of para-hydroxylation sites is 1. The van der Waals surface area contributed by atoms with Crippen molar-refractivity contribution in [1.29, 1.82) is 0 Å². The van der Waals surface area contributed by atoms with Crippen molar-refractivity contribution in [2.24, 2.45) is 0 Å². The van der Waals surface area contributed by atoms with Crippen LogP contribution in [0.4, 0.5) is 17.3 Å². The molecule has 2 N–H and O–H groups in total. The zero-order chi connectivity index (χ0) is 18.6. The number of hydrogen-bond donors (Lipinski definition) is 2. The average Bonchev–Trinajstić information content (AvgIpc) is 3.03. The van der Waals surface area contributed by atoms with E-state index in [0.29, 0.717) is 6.04 Å². The molecule has 1 aromatic carbocycles. The molecule has 0 saturated carbocycles. The van der Waals surface area contributed by atoms with Crippen LogP contribution in [0.15, 0.2) is 36.7 Å². The summed E-state index contributed by atoms with van der Waals surface area (Å²) >= 11 is 0. The first-order valence-corrected chi connectivity index (χ1v) is 10.0. The normalized spacial score (nSPS) is 22.0. The summed E-state index contributed by atoms with van der Waals surface area (Å²) < 4.78 is 0. The largest absolute Gasteiger partial charge is 0.394 e. The average molecular weight is 367 g/mol. The van der Waals surface area contributed by atoms with Gasteiger partial charge in [0.15, 0.2) is 0 Å². The van der Waals surface area contributed by atoms with Gasteiger partial charge in [-0.15, -0.1) is 0 Å². The number of piperidine rings is 1. The van der Waals surface area contributed by atoms with Gasteiger partial charge in [0.1, 0.15) is 18.0 Å². The molecule has 2 aliphatic heterocycles. The molecule has 2 unspecified atom stereocenters. The van der Waals surface area contributed by atoms with Gasteiger partial charge >= 0.3 is 0 Å². The van der Waals surface area contributed by atoms with Crippen molar-refractivity contribution in [3.05, 3.63) is 42.2 Å². The van der Waals surface area contributed by atoms with E-state index in [2.05, 4.69) is 56.3 Å². The summed E-state index contributed by atoms with van der Waals surface area (Å²) in [5.41, 5.74) is 2.80. The number of fused-ring (bicyclic) bond motifs is 1. The first kappa shape index (κ1) is 18.0. The molecule has 0 radical (unpaired) electrons. The summed E-state index contributed by atoms with van der Waals surface area (Å²) in [6, 6.07) is 11.4. The number of rotatable bonds is 6. The van der Waals surface area contributed by atoms with E-state index in [-0.39, 0.29) is 12.6 Å². The van der Waals surface area contributed by atoms with Gasteiger partial charge in [-0.3, -0.25) is 0 Å². The summed E-state index contributed by atoms with van der Waals surface area (Å²) in [5.74, 6) is 1.76. The van der Waals surface area contributed by atoms with Crippen molar-refractivity contribution in [3.8, 4) is 0 Å². The number of nitrogens with one attached hydrogen (secondary N) is 1. The third-order valence-electron chi connectivity index (χ3n) is 5.79. The van der Waals surface area contributed by atoms with E-state index in [0.717, 1.165) is 50.5 Å². The number of aliphatic hydroxyl groups excluding tert-OH is 1. The molecule has 0 spiro atoms. The number of hydrogen-bond acceptors (Lipinski definition) is 6. The minimum absolute atomic E-state index is 0.170. The molecule has 2 atom stereocenters. The Labute approximate surface area is 161 Å². The van der Waals surface area contributed by atoms with Crippen molar-refractivity contribution >= 4 is 17.3 Å². The summed E-state index contributed by atoms with van der Waals surface area (Å²) in [7, 11) is 0. The second kappa shape index (κ2) is 8.13.